The quantitative estimate of drug-likeness (QED) is 0.366. The van der Waals surface area contributed by atoms with Crippen molar-refractivity contribution in [2.75, 3.05) is 6.54 Å². The normalized spacial score (nSPS) is 22.8. The summed E-state index contributed by atoms with van der Waals surface area (Å²) in [6.07, 6.45) is 23.8. The number of nitrogens with one attached hydrogen (secondary N) is 1. The van der Waals surface area contributed by atoms with Gasteiger partial charge < -0.3 is 24.8 Å². The molecule has 1 N–H and O–H groups in total. The molecule has 0 amide bonds. The maximum atomic E-state index is 4.08. The van der Waals surface area contributed by atoms with Crippen molar-refractivity contribution in [3.63, 3.8) is 0 Å². The minimum Gasteiger partial charge on any atom is -1.00 e. The summed E-state index contributed by atoms with van der Waals surface area (Å²) in [6, 6.07) is 0. The Kier molecular flexibility index (Phi) is 15.9. The van der Waals surface area contributed by atoms with E-state index in [1.54, 1.807) is 3.81 Å². The van der Waals surface area contributed by atoms with Crippen LogP contribution in [0, 0.1) is 11.8 Å². The van der Waals surface area contributed by atoms with Gasteiger partial charge in [0.15, 0.2) is 0 Å². The van der Waals surface area contributed by atoms with E-state index in [-0.39, 0.29) is 24.8 Å². The SMILES string of the molecule is CCCCCCCCCC[NH][Ti+2](=[C](C)C)[CH]1CCC2C=CC=CC21.[Cl-].[Cl-]. The molecule has 1 saturated carbocycles. The molecular formula is C22H39Cl2NTi. The number of halogens is 2. The standard InChI is InChI=1S/C10H22N.C9H11.C3H6.2ClH.Ti/c1-2-3-4-5-6-7-8-9-10-11;1-2-5-9-7-3-6-8(9)4-1;1-3-2;;;/h11H,2-10H2,1H3;1-2,4-6,8-9H,3,7H2;1-2H3;2*1H;/q-1;;;;;+3/p-2. The Labute approximate surface area is 181 Å². The van der Waals surface area contributed by atoms with E-state index in [9.17, 15) is 0 Å². The summed E-state index contributed by atoms with van der Waals surface area (Å²) in [5.74, 6) is 1.68. The van der Waals surface area contributed by atoms with Crippen LogP contribution in [0.25, 0.3) is 0 Å². The Hall–Kier alpha value is 0.604. The van der Waals surface area contributed by atoms with Crippen molar-refractivity contribution >= 4 is 3.81 Å². The van der Waals surface area contributed by atoms with Gasteiger partial charge in [0.25, 0.3) is 0 Å². The first-order valence-electron chi connectivity index (χ1n) is 10.5. The largest absolute Gasteiger partial charge is 1.00 e. The number of hydrogen-bond acceptors (Lipinski definition) is 1. The average molecular weight is 436 g/mol. The molecule has 0 saturated heterocycles. The summed E-state index contributed by atoms with van der Waals surface area (Å²) in [7, 11) is 0. The first kappa shape index (κ1) is 26.6. The Bertz CT molecular complexity index is 455. The molecule has 0 aromatic rings. The van der Waals surface area contributed by atoms with E-state index in [1.807, 2.05) is 0 Å². The third-order valence-electron chi connectivity index (χ3n) is 5.83. The maximum absolute atomic E-state index is 4.08. The topological polar surface area (TPSA) is 12.0 Å². The van der Waals surface area contributed by atoms with Crippen LogP contribution in [0.4, 0.5) is 0 Å². The smallest absolute Gasteiger partial charge is 1.00 e. The molecule has 2 aliphatic carbocycles. The molecular weight excluding hydrogens is 397 g/mol. The molecule has 1 nitrogen and oxygen atoms in total. The predicted molar refractivity (Wildman–Crippen MR) is 105 cm³/mol. The van der Waals surface area contributed by atoms with E-state index in [0.29, 0.717) is 0 Å². The molecule has 4 heteroatoms. The molecule has 1 fully saturated rings. The fourth-order valence-electron chi connectivity index (χ4n) is 4.45. The number of allylic oxidation sites excluding steroid dienone is 4. The zero-order valence-corrected chi connectivity index (χ0v) is 20.1. The second-order valence-corrected chi connectivity index (χ2v) is 12.6. The summed E-state index contributed by atoms with van der Waals surface area (Å²) in [4.78, 5) is 0. The van der Waals surface area contributed by atoms with Crippen LogP contribution >= 0.6 is 0 Å². The fraction of sp³-hybridized carbons (Fsp3) is 0.773. The number of rotatable bonds is 11. The van der Waals surface area contributed by atoms with Crippen molar-refractivity contribution in [3.8, 4) is 0 Å². The van der Waals surface area contributed by atoms with Gasteiger partial charge in [-0.2, -0.15) is 0 Å². The van der Waals surface area contributed by atoms with Crippen LogP contribution in [-0.2, 0) is 17.7 Å². The Morgan fingerprint density at radius 2 is 1.50 bits per heavy atom. The summed E-state index contributed by atoms with van der Waals surface area (Å²) < 4.78 is 6.78. The molecule has 0 heterocycles. The summed E-state index contributed by atoms with van der Waals surface area (Å²) in [5.41, 5.74) is 0. The molecule has 3 atom stereocenters. The Balaban J connectivity index is 0.00000312. The molecule has 26 heavy (non-hydrogen) atoms. The van der Waals surface area contributed by atoms with E-state index in [2.05, 4.69) is 48.9 Å². The summed E-state index contributed by atoms with van der Waals surface area (Å²) in [5, 5.41) is 0. The van der Waals surface area contributed by atoms with Crippen molar-refractivity contribution < 1.29 is 42.5 Å². The molecule has 2 aliphatic rings. The van der Waals surface area contributed by atoms with E-state index in [4.69, 9.17) is 0 Å². The predicted octanol–water partition coefficient (Wildman–Crippen LogP) is 0.411. The zero-order valence-electron chi connectivity index (χ0n) is 17.1. The monoisotopic (exact) mass is 435 g/mol. The van der Waals surface area contributed by atoms with Crippen LogP contribution in [0.2, 0.25) is 4.22 Å². The second kappa shape index (κ2) is 15.5. The third-order valence-corrected chi connectivity index (χ3v) is 10.7. The first-order chi connectivity index (χ1) is 11.7. The van der Waals surface area contributed by atoms with Gasteiger partial charge in [-0.05, 0) is 0 Å². The molecule has 0 aromatic carbocycles. The van der Waals surface area contributed by atoms with Crippen molar-refractivity contribution in [3.05, 3.63) is 24.3 Å². The molecule has 0 spiro atoms. The number of fused-ring (bicyclic) bond motifs is 1. The van der Waals surface area contributed by atoms with Gasteiger partial charge >= 0.3 is 157 Å². The third kappa shape index (κ3) is 8.74. The molecule has 0 radical (unpaired) electrons. The van der Waals surface area contributed by atoms with Crippen molar-refractivity contribution in [1.82, 2.24) is 3.80 Å². The molecule has 0 aliphatic heterocycles. The van der Waals surface area contributed by atoms with Gasteiger partial charge in [0.05, 0.1) is 0 Å². The maximum Gasteiger partial charge on any atom is -1.00 e. The van der Waals surface area contributed by atoms with Crippen molar-refractivity contribution in [2.45, 2.75) is 89.2 Å². The van der Waals surface area contributed by atoms with Crippen LogP contribution in [0.5, 0.6) is 0 Å². The molecule has 150 valence electrons. The van der Waals surface area contributed by atoms with E-state index in [1.165, 1.54) is 70.8 Å². The molecule has 3 unspecified atom stereocenters. The van der Waals surface area contributed by atoms with Gasteiger partial charge in [-0.25, -0.2) is 0 Å². The summed E-state index contributed by atoms with van der Waals surface area (Å²) >= 11 is -1.26. The summed E-state index contributed by atoms with van der Waals surface area (Å²) in [6.45, 7) is 8.35. The van der Waals surface area contributed by atoms with Crippen LogP contribution in [0.15, 0.2) is 24.3 Å². The molecule has 2 rings (SSSR count). The Morgan fingerprint density at radius 3 is 2.15 bits per heavy atom. The van der Waals surface area contributed by atoms with Gasteiger partial charge in [-0.1, -0.05) is 0 Å². The second-order valence-electron chi connectivity index (χ2n) is 8.01. The van der Waals surface area contributed by atoms with Crippen LogP contribution < -0.4 is 28.6 Å². The number of hydrogen-bond donors (Lipinski definition) is 1. The van der Waals surface area contributed by atoms with Gasteiger partial charge in [-0.15, -0.1) is 0 Å². The number of unbranched alkanes of at least 4 members (excludes halogenated alkanes) is 7. The van der Waals surface area contributed by atoms with Crippen molar-refractivity contribution in [2.24, 2.45) is 11.8 Å². The van der Waals surface area contributed by atoms with Gasteiger partial charge in [0.1, 0.15) is 0 Å². The van der Waals surface area contributed by atoms with Crippen LogP contribution in [0.1, 0.15) is 85.0 Å². The van der Waals surface area contributed by atoms with Gasteiger partial charge in [-0.3, -0.25) is 0 Å². The first-order valence-corrected chi connectivity index (χ1v) is 13.0. The van der Waals surface area contributed by atoms with Gasteiger partial charge in [0, 0.05) is 0 Å². The zero-order chi connectivity index (χ0) is 17.2. The van der Waals surface area contributed by atoms with Crippen molar-refractivity contribution in [1.29, 1.82) is 0 Å². The van der Waals surface area contributed by atoms with E-state index >= 15 is 0 Å². The van der Waals surface area contributed by atoms with Crippen LogP contribution in [0.3, 0.4) is 0 Å². The average Bonchev–Trinajstić information content (AvgIpc) is 3.00. The van der Waals surface area contributed by atoms with E-state index in [0.717, 1.165) is 16.1 Å². The fourth-order valence-corrected chi connectivity index (χ4v) is 9.14. The van der Waals surface area contributed by atoms with Gasteiger partial charge in [0.2, 0.25) is 0 Å². The van der Waals surface area contributed by atoms with E-state index < -0.39 is 17.7 Å². The Morgan fingerprint density at radius 1 is 0.885 bits per heavy atom. The van der Waals surface area contributed by atoms with Crippen LogP contribution in [-0.4, -0.2) is 10.4 Å². The molecule has 0 bridgehead atoms. The minimum atomic E-state index is -1.26. The molecule has 0 aromatic heterocycles. The minimum absolute atomic E-state index is 0.